The van der Waals surface area contributed by atoms with Gasteiger partial charge in [-0.2, -0.15) is 0 Å². The van der Waals surface area contributed by atoms with Gasteiger partial charge in [0.1, 0.15) is 12.2 Å². The zero-order chi connectivity index (χ0) is 28.6. The van der Waals surface area contributed by atoms with Crippen LogP contribution in [0.15, 0.2) is 60.7 Å². The summed E-state index contributed by atoms with van der Waals surface area (Å²) in [5.74, 6) is -1.35. The van der Waals surface area contributed by atoms with Gasteiger partial charge in [-0.1, -0.05) is 60.7 Å². The Bertz CT molecular complexity index is 1100. The van der Waals surface area contributed by atoms with E-state index >= 15 is 0 Å². The Balaban J connectivity index is 1.81. The third kappa shape index (κ3) is 7.80. The third-order valence-electron chi connectivity index (χ3n) is 6.70. The zero-order valence-corrected chi connectivity index (χ0v) is 23.4. The van der Waals surface area contributed by atoms with Gasteiger partial charge in [0.15, 0.2) is 11.6 Å². The Morgan fingerprint density at radius 2 is 1.59 bits per heavy atom. The molecule has 0 aliphatic carbocycles. The highest BCUT2D eigenvalue weighted by molar-refractivity contribution is 5.94. The predicted octanol–water partition coefficient (Wildman–Crippen LogP) is 3.97. The van der Waals surface area contributed by atoms with Gasteiger partial charge < -0.3 is 24.6 Å². The average molecular weight is 541 g/mol. The van der Waals surface area contributed by atoms with E-state index in [0.29, 0.717) is 6.42 Å². The van der Waals surface area contributed by atoms with Gasteiger partial charge in [-0.05, 0) is 58.6 Å². The maximum Gasteiger partial charge on any atom is 0.411 e. The SMILES string of the molecule is CC1CCC(C(=O)NC(COCc2ccccc2)C(=O)OCc2ccccc2)(C(C)O)N1C(=O)OC(C)(C)C. The van der Waals surface area contributed by atoms with Gasteiger partial charge in [0.25, 0.3) is 0 Å². The molecule has 0 saturated carbocycles. The summed E-state index contributed by atoms with van der Waals surface area (Å²) in [6.07, 6.45) is -1.26. The summed E-state index contributed by atoms with van der Waals surface area (Å²) in [5.41, 5.74) is -0.724. The topological polar surface area (TPSA) is 114 Å². The van der Waals surface area contributed by atoms with Crippen LogP contribution in [0, 0.1) is 0 Å². The molecule has 0 aromatic heterocycles. The van der Waals surface area contributed by atoms with Gasteiger partial charge in [-0.15, -0.1) is 0 Å². The molecule has 0 spiro atoms. The quantitative estimate of drug-likeness (QED) is 0.438. The van der Waals surface area contributed by atoms with Crippen molar-refractivity contribution < 1.29 is 33.7 Å². The fraction of sp³-hybridized carbons (Fsp3) is 0.500. The number of esters is 1. The molecule has 9 heteroatoms. The summed E-state index contributed by atoms with van der Waals surface area (Å²) in [7, 11) is 0. The number of aliphatic hydroxyl groups excluding tert-OH is 1. The predicted molar refractivity (Wildman–Crippen MR) is 145 cm³/mol. The van der Waals surface area contributed by atoms with Crippen molar-refractivity contribution in [1.82, 2.24) is 10.2 Å². The number of amides is 2. The van der Waals surface area contributed by atoms with Crippen molar-refractivity contribution in [2.75, 3.05) is 6.61 Å². The number of carbonyl (C=O) groups is 3. The Labute approximate surface area is 230 Å². The largest absolute Gasteiger partial charge is 0.459 e. The first-order chi connectivity index (χ1) is 18.4. The average Bonchev–Trinajstić information content (AvgIpc) is 3.25. The first-order valence-corrected chi connectivity index (χ1v) is 13.3. The first kappa shape index (κ1) is 30.1. The molecule has 2 aromatic carbocycles. The Hall–Kier alpha value is -3.43. The molecular formula is C30H40N2O7. The van der Waals surface area contributed by atoms with Crippen molar-refractivity contribution in [2.45, 2.75) is 90.0 Å². The van der Waals surface area contributed by atoms with E-state index in [1.54, 1.807) is 27.7 Å². The molecule has 39 heavy (non-hydrogen) atoms. The van der Waals surface area contributed by atoms with E-state index in [1.807, 2.05) is 60.7 Å². The number of ether oxygens (including phenoxy) is 3. The van der Waals surface area contributed by atoms with Crippen LogP contribution in [0.1, 0.15) is 58.6 Å². The first-order valence-electron chi connectivity index (χ1n) is 13.3. The number of rotatable bonds is 10. The summed E-state index contributed by atoms with van der Waals surface area (Å²) in [6, 6.07) is 17.1. The van der Waals surface area contributed by atoms with Crippen LogP contribution >= 0.6 is 0 Å². The van der Waals surface area contributed by atoms with Crippen LogP contribution in [-0.2, 0) is 37.0 Å². The molecule has 212 valence electrons. The minimum Gasteiger partial charge on any atom is -0.459 e. The van der Waals surface area contributed by atoms with Crippen LogP contribution in [0.2, 0.25) is 0 Å². The molecule has 2 amide bonds. The molecule has 1 heterocycles. The molecule has 1 aliphatic heterocycles. The van der Waals surface area contributed by atoms with Crippen LogP contribution in [0.5, 0.6) is 0 Å². The summed E-state index contributed by atoms with van der Waals surface area (Å²) < 4.78 is 16.9. The van der Waals surface area contributed by atoms with Crippen LogP contribution in [0.25, 0.3) is 0 Å². The van der Waals surface area contributed by atoms with Crippen LogP contribution in [0.3, 0.4) is 0 Å². The highest BCUT2D eigenvalue weighted by atomic mass is 16.6. The monoisotopic (exact) mass is 540 g/mol. The summed E-state index contributed by atoms with van der Waals surface area (Å²) in [4.78, 5) is 41.5. The Morgan fingerprint density at radius 1 is 1.03 bits per heavy atom. The Morgan fingerprint density at radius 3 is 2.13 bits per heavy atom. The minimum atomic E-state index is -1.63. The van der Waals surface area contributed by atoms with E-state index in [4.69, 9.17) is 14.2 Å². The van der Waals surface area contributed by atoms with E-state index in [9.17, 15) is 19.5 Å². The molecule has 2 N–H and O–H groups in total. The lowest BCUT2D eigenvalue weighted by Gasteiger charge is -2.42. The number of nitrogens with zero attached hydrogens (tertiary/aromatic N) is 1. The molecule has 4 unspecified atom stereocenters. The fourth-order valence-corrected chi connectivity index (χ4v) is 4.70. The van der Waals surface area contributed by atoms with Crippen molar-refractivity contribution in [1.29, 1.82) is 0 Å². The lowest BCUT2D eigenvalue weighted by Crippen LogP contribution is -2.66. The second kappa shape index (κ2) is 13.1. The number of benzene rings is 2. The van der Waals surface area contributed by atoms with Gasteiger partial charge in [0.05, 0.1) is 19.3 Å². The third-order valence-corrected chi connectivity index (χ3v) is 6.70. The molecule has 1 aliphatic rings. The molecule has 9 nitrogen and oxygen atoms in total. The lowest BCUT2D eigenvalue weighted by molar-refractivity contribution is -0.154. The van der Waals surface area contributed by atoms with Gasteiger partial charge in [-0.25, -0.2) is 9.59 Å². The number of carbonyl (C=O) groups excluding carboxylic acids is 3. The van der Waals surface area contributed by atoms with Gasteiger partial charge in [0, 0.05) is 6.04 Å². The minimum absolute atomic E-state index is 0.0212. The number of hydrogen-bond acceptors (Lipinski definition) is 7. The summed E-state index contributed by atoms with van der Waals surface area (Å²) >= 11 is 0. The summed E-state index contributed by atoms with van der Waals surface area (Å²) in [6.45, 7) is 8.55. The molecule has 1 fully saturated rings. The normalized spacial score (nSPS) is 20.7. The van der Waals surface area contributed by atoms with E-state index < -0.39 is 41.3 Å². The molecule has 0 bridgehead atoms. The van der Waals surface area contributed by atoms with Crippen molar-refractivity contribution in [3.05, 3.63) is 71.8 Å². The maximum absolute atomic E-state index is 13.9. The van der Waals surface area contributed by atoms with E-state index in [-0.39, 0.29) is 32.3 Å². The zero-order valence-electron chi connectivity index (χ0n) is 23.4. The maximum atomic E-state index is 13.9. The van der Waals surface area contributed by atoms with Gasteiger partial charge in [-0.3, -0.25) is 9.69 Å². The second-order valence-corrected chi connectivity index (χ2v) is 11.0. The van der Waals surface area contributed by atoms with Crippen LogP contribution in [-0.4, -0.2) is 63.9 Å². The van der Waals surface area contributed by atoms with E-state index in [2.05, 4.69) is 5.32 Å². The molecule has 4 atom stereocenters. The van der Waals surface area contributed by atoms with Crippen LogP contribution in [0.4, 0.5) is 4.79 Å². The fourth-order valence-electron chi connectivity index (χ4n) is 4.70. The highest BCUT2D eigenvalue weighted by Gasteiger charge is 2.57. The van der Waals surface area contributed by atoms with Crippen molar-refractivity contribution in [3.8, 4) is 0 Å². The Kier molecular flexibility index (Phi) is 10.1. The van der Waals surface area contributed by atoms with E-state index in [0.717, 1.165) is 11.1 Å². The summed E-state index contributed by atoms with van der Waals surface area (Å²) in [5, 5.41) is 13.6. The van der Waals surface area contributed by atoms with Gasteiger partial charge >= 0.3 is 12.1 Å². The highest BCUT2D eigenvalue weighted by Crippen LogP contribution is 2.38. The van der Waals surface area contributed by atoms with E-state index in [1.165, 1.54) is 11.8 Å². The second-order valence-electron chi connectivity index (χ2n) is 11.0. The van der Waals surface area contributed by atoms with Crippen molar-refractivity contribution in [2.24, 2.45) is 0 Å². The number of likely N-dealkylation sites (tertiary alicyclic amines) is 1. The molecule has 2 aromatic rings. The number of aliphatic hydroxyl groups is 1. The van der Waals surface area contributed by atoms with Crippen molar-refractivity contribution in [3.63, 3.8) is 0 Å². The van der Waals surface area contributed by atoms with Crippen LogP contribution < -0.4 is 5.32 Å². The number of nitrogens with one attached hydrogen (secondary N) is 1. The lowest BCUT2D eigenvalue weighted by atomic mass is 9.88. The molecule has 0 radical (unpaired) electrons. The molecule has 1 saturated heterocycles. The number of hydrogen-bond donors (Lipinski definition) is 2. The van der Waals surface area contributed by atoms with Gasteiger partial charge in [0.2, 0.25) is 5.91 Å². The smallest absolute Gasteiger partial charge is 0.411 e. The standard InChI is InChI=1S/C30H40N2O7/c1-21-16-17-30(22(2)33,32(21)28(36)39-29(3,4)5)27(35)31-25(20-37-18-23-12-8-6-9-13-23)26(34)38-19-24-14-10-7-11-15-24/h6-15,21-22,25,33H,16-20H2,1-5H3,(H,31,35). The molecule has 3 rings (SSSR count). The molecular weight excluding hydrogens is 500 g/mol. The van der Waals surface area contributed by atoms with Crippen molar-refractivity contribution >= 4 is 18.0 Å².